The summed E-state index contributed by atoms with van der Waals surface area (Å²) in [5.41, 5.74) is -0.270. The molecule has 1 heterocycles. The van der Waals surface area contributed by atoms with Crippen molar-refractivity contribution < 1.29 is 28.2 Å². The van der Waals surface area contributed by atoms with E-state index in [0.29, 0.717) is 0 Å². The Morgan fingerprint density at radius 3 is 2.24 bits per heavy atom. The molecule has 0 radical (unpaired) electrons. The number of nitrogens with one attached hydrogen (secondary N) is 1. The zero-order valence-corrected chi connectivity index (χ0v) is 11.6. The molecule has 1 aromatic heterocycles. The number of aromatic nitrogens is 1. The van der Waals surface area contributed by atoms with Gasteiger partial charge in [-0.2, -0.15) is 4.39 Å². The van der Waals surface area contributed by atoms with Gasteiger partial charge in [0.05, 0.1) is 13.2 Å². The third kappa shape index (κ3) is 4.83. The van der Waals surface area contributed by atoms with E-state index in [2.05, 4.69) is 19.8 Å². The summed E-state index contributed by atoms with van der Waals surface area (Å²) in [5.74, 6) is -3.66. The second kappa shape index (κ2) is 7.93. The van der Waals surface area contributed by atoms with Crippen molar-refractivity contribution in [2.45, 2.75) is 19.9 Å². The third-order valence-electron chi connectivity index (χ3n) is 2.27. The Hall–Kier alpha value is -2.51. The van der Waals surface area contributed by atoms with Crippen LogP contribution >= 0.6 is 0 Å². The molecule has 0 saturated carbocycles. The molecule has 1 aromatic rings. The fourth-order valence-electron chi connectivity index (χ4n) is 1.41. The predicted molar refractivity (Wildman–Crippen MR) is 68.7 cm³/mol. The molecule has 1 rings (SSSR count). The highest BCUT2D eigenvalue weighted by atomic mass is 19.1. The van der Waals surface area contributed by atoms with Crippen molar-refractivity contribution in [1.29, 1.82) is 0 Å². The van der Waals surface area contributed by atoms with Gasteiger partial charge in [0, 0.05) is 0 Å². The van der Waals surface area contributed by atoms with Gasteiger partial charge in [-0.15, -0.1) is 0 Å². The minimum absolute atomic E-state index is 0.0306. The molecule has 0 aromatic carbocycles. The fourth-order valence-corrected chi connectivity index (χ4v) is 1.41. The summed E-state index contributed by atoms with van der Waals surface area (Å²) in [6.45, 7) is 3.16. The van der Waals surface area contributed by atoms with E-state index in [-0.39, 0.29) is 18.9 Å². The Morgan fingerprint density at radius 2 is 1.76 bits per heavy atom. The van der Waals surface area contributed by atoms with Gasteiger partial charge in [-0.25, -0.2) is 14.6 Å². The van der Waals surface area contributed by atoms with E-state index in [1.165, 1.54) is 12.1 Å². The van der Waals surface area contributed by atoms with Crippen LogP contribution in [0.1, 0.15) is 24.3 Å². The Bertz CT molecular complexity index is 517. The molecule has 0 aliphatic carbocycles. The van der Waals surface area contributed by atoms with Crippen molar-refractivity contribution in [3.63, 3.8) is 0 Å². The van der Waals surface area contributed by atoms with Gasteiger partial charge in [0.2, 0.25) is 12.0 Å². The van der Waals surface area contributed by atoms with E-state index in [1.807, 2.05) is 0 Å². The Morgan fingerprint density at radius 1 is 1.19 bits per heavy atom. The molecule has 0 bridgehead atoms. The maximum Gasteiger partial charge on any atom is 0.340 e. The van der Waals surface area contributed by atoms with Crippen molar-refractivity contribution in [2.75, 3.05) is 13.2 Å². The smallest absolute Gasteiger partial charge is 0.340 e. The minimum Gasteiger partial charge on any atom is -0.464 e. The molecule has 0 unspecified atom stereocenters. The SMILES string of the molecule is CCOC(=O)C(NC(=O)c1cccc(F)n1)C(=O)OCC. The van der Waals surface area contributed by atoms with Crippen molar-refractivity contribution in [3.05, 3.63) is 29.8 Å². The summed E-state index contributed by atoms with van der Waals surface area (Å²) < 4.78 is 22.3. The lowest BCUT2D eigenvalue weighted by molar-refractivity contribution is -0.157. The van der Waals surface area contributed by atoms with Gasteiger partial charge in [-0.3, -0.25) is 4.79 Å². The van der Waals surface area contributed by atoms with Gasteiger partial charge < -0.3 is 14.8 Å². The van der Waals surface area contributed by atoms with Crippen LogP contribution in [0, 0.1) is 5.95 Å². The van der Waals surface area contributed by atoms with Gasteiger partial charge in [0.25, 0.3) is 5.91 Å². The van der Waals surface area contributed by atoms with Gasteiger partial charge in [-0.05, 0) is 26.0 Å². The molecule has 0 spiro atoms. The lowest BCUT2D eigenvalue weighted by Crippen LogP contribution is -2.48. The number of rotatable bonds is 6. The van der Waals surface area contributed by atoms with E-state index in [9.17, 15) is 18.8 Å². The molecule has 1 N–H and O–H groups in total. The molecule has 0 saturated heterocycles. The predicted octanol–water partition coefficient (Wildman–Crippen LogP) is 0.445. The van der Waals surface area contributed by atoms with Crippen LogP contribution in [0.15, 0.2) is 18.2 Å². The lowest BCUT2D eigenvalue weighted by atomic mass is 10.2. The zero-order valence-electron chi connectivity index (χ0n) is 11.6. The van der Waals surface area contributed by atoms with Gasteiger partial charge in [0.15, 0.2) is 0 Å². The average Bonchev–Trinajstić information content (AvgIpc) is 2.44. The highest BCUT2D eigenvalue weighted by molar-refractivity contribution is 6.05. The zero-order chi connectivity index (χ0) is 15.8. The highest BCUT2D eigenvalue weighted by Crippen LogP contribution is 2.01. The van der Waals surface area contributed by atoms with Gasteiger partial charge in [0.1, 0.15) is 5.69 Å². The second-order valence-corrected chi connectivity index (χ2v) is 3.76. The third-order valence-corrected chi connectivity index (χ3v) is 2.27. The Kier molecular flexibility index (Phi) is 6.25. The number of hydrogen-bond donors (Lipinski definition) is 1. The minimum atomic E-state index is -1.62. The molecule has 0 atom stereocenters. The first-order valence-electron chi connectivity index (χ1n) is 6.26. The summed E-state index contributed by atoms with van der Waals surface area (Å²) in [6.07, 6.45) is 0. The summed E-state index contributed by atoms with van der Waals surface area (Å²) in [6, 6.07) is 1.96. The van der Waals surface area contributed by atoms with Crippen molar-refractivity contribution in [1.82, 2.24) is 10.3 Å². The number of hydrogen-bond acceptors (Lipinski definition) is 6. The van der Waals surface area contributed by atoms with E-state index in [4.69, 9.17) is 0 Å². The number of nitrogens with zero attached hydrogens (tertiary/aromatic N) is 1. The molecule has 21 heavy (non-hydrogen) atoms. The molecular formula is C13H15FN2O5. The summed E-state index contributed by atoms with van der Waals surface area (Å²) in [4.78, 5) is 38.5. The number of halogens is 1. The number of carbonyl (C=O) groups is 3. The van der Waals surface area contributed by atoms with Gasteiger partial charge in [-0.1, -0.05) is 6.07 Å². The average molecular weight is 298 g/mol. The number of esters is 2. The van der Waals surface area contributed by atoms with Crippen molar-refractivity contribution >= 4 is 17.8 Å². The normalized spacial score (nSPS) is 10.1. The van der Waals surface area contributed by atoms with E-state index in [0.717, 1.165) is 6.07 Å². The van der Waals surface area contributed by atoms with Gasteiger partial charge >= 0.3 is 11.9 Å². The largest absolute Gasteiger partial charge is 0.464 e. The summed E-state index contributed by atoms with van der Waals surface area (Å²) in [5, 5.41) is 2.11. The molecule has 0 aliphatic heterocycles. The standard InChI is InChI=1S/C13H15FN2O5/c1-3-20-12(18)10(13(19)21-4-2)16-11(17)8-6-5-7-9(14)15-8/h5-7,10H,3-4H2,1-2H3,(H,16,17). The van der Waals surface area contributed by atoms with E-state index >= 15 is 0 Å². The Labute approximate surface area is 120 Å². The topological polar surface area (TPSA) is 94.6 Å². The summed E-state index contributed by atoms with van der Waals surface area (Å²) >= 11 is 0. The monoisotopic (exact) mass is 298 g/mol. The molecule has 0 fully saturated rings. The van der Waals surface area contributed by atoms with Crippen LogP contribution in [0.25, 0.3) is 0 Å². The number of amides is 1. The van der Waals surface area contributed by atoms with E-state index in [1.54, 1.807) is 13.8 Å². The Balaban J connectivity index is 2.87. The molecule has 0 aliphatic rings. The fraction of sp³-hybridized carbons (Fsp3) is 0.385. The maximum atomic E-state index is 12.9. The van der Waals surface area contributed by atoms with Crippen LogP contribution in [0.5, 0.6) is 0 Å². The molecule has 8 heteroatoms. The molecule has 7 nitrogen and oxygen atoms in total. The number of pyridine rings is 1. The van der Waals surface area contributed by atoms with Crippen LogP contribution in [-0.2, 0) is 19.1 Å². The van der Waals surface area contributed by atoms with Crippen LogP contribution < -0.4 is 5.32 Å². The van der Waals surface area contributed by atoms with Crippen LogP contribution in [0.4, 0.5) is 4.39 Å². The molecule has 1 amide bonds. The number of carbonyl (C=O) groups excluding carboxylic acids is 3. The van der Waals surface area contributed by atoms with Crippen molar-refractivity contribution in [3.8, 4) is 0 Å². The maximum absolute atomic E-state index is 12.9. The lowest BCUT2D eigenvalue weighted by Gasteiger charge is -2.15. The molecule has 114 valence electrons. The van der Waals surface area contributed by atoms with Crippen molar-refractivity contribution in [2.24, 2.45) is 0 Å². The highest BCUT2D eigenvalue weighted by Gasteiger charge is 2.31. The second-order valence-electron chi connectivity index (χ2n) is 3.76. The van der Waals surface area contributed by atoms with Crippen LogP contribution in [0.2, 0.25) is 0 Å². The summed E-state index contributed by atoms with van der Waals surface area (Å²) in [7, 11) is 0. The van der Waals surface area contributed by atoms with Crippen LogP contribution in [-0.4, -0.2) is 42.1 Å². The quantitative estimate of drug-likeness (QED) is 0.465. The molecular weight excluding hydrogens is 283 g/mol. The van der Waals surface area contributed by atoms with E-state index < -0.39 is 29.8 Å². The van der Waals surface area contributed by atoms with Crippen LogP contribution in [0.3, 0.4) is 0 Å². The number of ether oxygens (including phenoxy) is 2. The first-order valence-corrected chi connectivity index (χ1v) is 6.26. The first-order chi connectivity index (χ1) is 9.99. The first kappa shape index (κ1) is 16.5.